The first-order valence-corrected chi connectivity index (χ1v) is 11.7. The summed E-state index contributed by atoms with van der Waals surface area (Å²) in [5, 5.41) is 0. The Morgan fingerprint density at radius 3 is 1.86 bits per heavy atom. The highest BCUT2D eigenvalue weighted by molar-refractivity contribution is 9.10. The second kappa shape index (κ2) is 13.7. The molecule has 0 aromatic heterocycles. The Bertz CT molecular complexity index is 1030. The second-order valence-corrected chi connectivity index (χ2v) is 8.65. The summed E-state index contributed by atoms with van der Waals surface area (Å²) >= 11 is 3.32. The summed E-state index contributed by atoms with van der Waals surface area (Å²) in [6.45, 7) is 4.00. The van der Waals surface area contributed by atoms with Crippen LogP contribution in [-0.2, 0) is 57.1 Å². The molecular formula is C24H27BrO12. The summed E-state index contributed by atoms with van der Waals surface area (Å²) in [5.74, 6) is -4.29. The van der Waals surface area contributed by atoms with Gasteiger partial charge in [-0.2, -0.15) is 0 Å². The molecule has 5 atom stereocenters. The average molecular weight is 587 g/mol. The van der Waals surface area contributed by atoms with Gasteiger partial charge in [0.25, 0.3) is 0 Å². The van der Waals surface area contributed by atoms with E-state index in [1.807, 2.05) is 0 Å². The van der Waals surface area contributed by atoms with Crippen molar-refractivity contribution in [3.8, 4) is 0 Å². The van der Waals surface area contributed by atoms with Gasteiger partial charge in [0, 0.05) is 32.2 Å². The molecule has 0 radical (unpaired) electrons. The lowest BCUT2D eigenvalue weighted by atomic mass is 9.98. The van der Waals surface area contributed by atoms with Gasteiger partial charge in [0.1, 0.15) is 12.7 Å². The topological polar surface area (TPSA) is 150 Å². The smallest absolute Gasteiger partial charge is 0.373 e. The van der Waals surface area contributed by atoms with Gasteiger partial charge in [0.2, 0.25) is 18.2 Å². The SMILES string of the molecule is COC(=O)C(=Cc1ccc(Br)cc1)O[C@H]1O[C@@H](COC(C)=O)[C@@H](OC(C)=O)[C@@H](OC(C)=O)[C@@H]1OC(C)=O. The number of hydrogen-bond donors (Lipinski definition) is 0. The molecule has 0 N–H and O–H groups in total. The Labute approximate surface area is 221 Å². The van der Waals surface area contributed by atoms with E-state index in [0.29, 0.717) is 5.56 Å². The first-order valence-electron chi connectivity index (χ1n) is 10.9. The number of benzene rings is 1. The molecule has 13 heteroatoms. The van der Waals surface area contributed by atoms with E-state index in [1.165, 1.54) is 6.08 Å². The molecule has 12 nitrogen and oxygen atoms in total. The molecule has 202 valence electrons. The van der Waals surface area contributed by atoms with E-state index in [1.54, 1.807) is 24.3 Å². The quantitative estimate of drug-likeness (QED) is 0.180. The monoisotopic (exact) mass is 586 g/mol. The fourth-order valence-electron chi connectivity index (χ4n) is 3.36. The van der Waals surface area contributed by atoms with Crippen LogP contribution in [0.3, 0.4) is 0 Å². The third-order valence-electron chi connectivity index (χ3n) is 4.75. The van der Waals surface area contributed by atoms with Gasteiger partial charge in [0.05, 0.1) is 7.11 Å². The lowest BCUT2D eigenvalue weighted by Gasteiger charge is -2.43. The number of halogens is 1. The molecule has 0 unspecified atom stereocenters. The number of methoxy groups -OCH3 is 1. The largest absolute Gasteiger partial charge is 0.463 e. The fourth-order valence-corrected chi connectivity index (χ4v) is 3.63. The number of rotatable bonds is 9. The number of esters is 5. The molecule has 1 saturated heterocycles. The first kappa shape index (κ1) is 29.8. The summed E-state index contributed by atoms with van der Waals surface area (Å²) in [7, 11) is 1.13. The Kier molecular flexibility index (Phi) is 11.1. The van der Waals surface area contributed by atoms with Crippen molar-refractivity contribution in [2.24, 2.45) is 0 Å². The van der Waals surface area contributed by atoms with Crippen molar-refractivity contribution in [2.75, 3.05) is 13.7 Å². The minimum Gasteiger partial charge on any atom is -0.463 e. The molecule has 1 fully saturated rings. The number of ether oxygens (including phenoxy) is 7. The fraction of sp³-hybridized carbons (Fsp3) is 0.458. The number of carbonyl (C=O) groups excluding carboxylic acids is 5. The van der Waals surface area contributed by atoms with E-state index >= 15 is 0 Å². The maximum absolute atomic E-state index is 12.5. The van der Waals surface area contributed by atoms with Crippen LogP contribution in [0.15, 0.2) is 34.5 Å². The van der Waals surface area contributed by atoms with Crippen molar-refractivity contribution in [1.82, 2.24) is 0 Å². The maximum Gasteiger partial charge on any atom is 0.373 e. The van der Waals surface area contributed by atoms with E-state index in [2.05, 4.69) is 15.9 Å². The average Bonchev–Trinajstić information content (AvgIpc) is 2.81. The molecule has 1 aliphatic rings. The molecule has 1 aromatic rings. The Morgan fingerprint density at radius 2 is 1.35 bits per heavy atom. The van der Waals surface area contributed by atoms with Crippen LogP contribution < -0.4 is 0 Å². The van der Waals surface area contributed by atoms with Crippen LogP contribution >= 0.6 is 15.9 Å². The second-order valence-electron chi connectivity index (χ2n) is 7.74. The molecule has 1 aromatic carbocycles. The summed E-state index contributed by atoms with van der Waals surface area (Å²) < 4.78 is 38.3. The van der Waals surface area contributed by atoms with Crippen LogP contribution in [0, 0.1) is 0 Å². The highest BCUT2D eigenvalue weighted by Gasteiger charge is 2.53. The Morgan fingerprint density at radius 1 is 0.811 bits per heavy atom. The van der Waals surface area contributed by atoms with Crippen molar-refractivity contribution in [1.29, 1.82) is 0 Å². The highest BCUT2D eigenvalue weighted by Crippen LogP contribution is 2.31. The maximum atomic E-state index is 12.5. The van der Waals surface area contributed by atoms with Crippen molar-refractivity contribution >= 4 is 51.9 Å². The molecular weight excluding hydrogens is 560 g/mol. The summed E-state index contributed by atoms with van der Waals surface area (Å²) in [6, 6.07) is 6.83. The van der Waals surface area contributed by atoms with E-state index in [0.717, 1.165) is 39.3 Å². The zero-order chi connectivity index (χ0) is 27.7. The third-order valence-corrected chi connectivity index (χ3v) is 5.27. The molecule has 0 saturated carbocycles. The third kappa shape index (κ3) is 9.17. The van der Waals surface area contributed by atoms with E-state index in [4.69, 9.17) is 33.2 Å². The number of hydrogen-bond acceptors (Lipinski definition) is 12. The van der Waals surface area contributed by atoms with Crippen LogP contribution in [-0.4, -0.2) is 74.3 Å². The van der Waals surface area contributed by atoms with Crippen molar-refractivity contribution in [3.63, 3.8) is 0 Å². The van der Waals surface area contributed by atoms with Gasteiger partial charge in [-0.1, -0.05) is 28.1 Å². The van der Waals surface area contributed by atoms with Crippen LogP contribution in [0.25, 0.3) is 6.08 Å². The van der Waals surface area contributed by atoms with Gasteiger partial charge in [-0.25, -0.2) is 4.79 Å². The van der Waals surface area contributed by atoms with Gasteiger partial charge in [-0.3, -0.25) is 19.2 Å². The van der Waals surface area contributed by atoms with Crippen LogP contribution in [0.2, 0.25) is 0 Å². The molecule has 0 bridgehead atoms. The van der Waals surface area contributed by atoms with E-state index in [9.17, 15) is 24.0 Å². The van der Waals surface area contributed by atoms with Crippen LogP contribution in [0.5, 0.6) is 0 Å². The molecule has 2 rings (SSSR count). The van der Waals surface area contributed by atoms with Gasteiger partial charge in [0.15, 0.2) is 12.2 Å². The van der Waals surface area contributed by atoms with Crippen molar-refractivity contribution in [2.45, 2.75) is 58.4 Å². The van der Waals surface area contributed by atoms with Gasteiger partial charge in [-0.05, 0) is 23.8 Å². The standard InChI is InChI=1S/C24H27BrO12/c1-12(26)32-11-19-20(33-13(2)27)21(34-14(3)28)22(35-15(4)29)24(37-19)36-18(23(30)31-5)10-16-6-8-17(25)9-7-16/h6-10,19-22,24H,11H2,1-5H3/t19-,20+,21+,22-,24-/m0/s1. The molecule has 0 amide bonds. The summed E-state index contributed by atoms with van der Waals surface area (Å²) in [4.78, 5) is 59.7. The minimum atomic E-state index is -1.58. The molecule has 0 spiro atoms. The Balaban J connectivity index is 2.55. The highest BCUT2D eigenvalue weighted by atomic mass is 79.9. The normalized spacial score (nSPS) is 23.3. The van der Waals surface area contributed by atoms with Gasteiger partial charge in [-0.15, -0.1) is 0 Å². The summed E-state index contributed by atoms with van der Waals surface area (Å²) in [5.41, 5.74) is 0.550. The summed E-state index contributed by atoms with van der Waals surface area (Å²) in [6.07, 6.45) is -5.77. The van der Waals surface area contributed by atoms with Crippen LogP contribution in [0.1, 0.15) is 33.3 Å². The van der Waals surface area contributed by atoms with Crippen molar-refractivity contribution in [3.05, 3.63) is 40.1 Å². The van der Waals surface area contributed by atoms with E-state index < -0.39 is 67.2 Å². The molecule has 1 aliphatic heterocycles. The first-order chi connectivity index (χ1) is 17.4. The predicted molar refractivity (Wildman–Crippen MR) is 127 cm³/mol. The lowest BCUT2D eigenvalue weighted by Crippen LogP contribution is -2.63. The molecule has 0 aliphatic carbocycles. The lowest BCUT2D eigenvalue weighted by molar-refractivity contribution is -0.299. The van der Waals surface area contributed by atoms with Gasteiger partial charge >= 0.3 is 29.8 Å². The zero-order valence-electron chi connectivity index (χ0n) is 20.8. The van der Waals surface area contributed by atoms with Crippen LogP contribution in [0.4, 0.5) is 0 Å². The zero-order valence-corrected chi connectivity index (χ0v) is 22.3. The predicted octanol–water partition coefficient (Wildman–Crippen LogP) is 2.06. The van der Waals surface area contributed by atoms with E-state index in [-0.39, 0.29) is 5.76 Å². The minimum absolute atomic E-state index is 0.342. The molecule has 1 heterocycles. The number of carbonyl (C=O) groups is 5. The van der Waals surface area contributed by atoms with Crippen molar-refractivity contribution < 1.29 is 57.1 Å². The molecule has 37 heavy (non-hydrogen) atoms. The van der Waals surface area contributed by atoms with Gasteiger partial charge < -0.3 is 33.2 Å². The Hall–Kier alpha value is -3.45.